The fraction of sp³-hybridized carbons (Fsp3) is 0.130. The van der Waals surface area contributed by atoms with Crippen molar-refractivity contribution in [1.29, 1.82) is 0 Å². The predicted octanol–water partition coefficient (Wildman–Crippen LogP) is 2.80. The summed E-state index contributed by atoms with van der Waals surface area (Å²) in [5, 5.41) is 4.10. The monoisotopic (exact) mass is 400 g/mol. The van der Waals surface area contributed by atoms with Crippen LogP contribution in [-0.2, 0) is 13.1 Å². The lowest BCUT2D eigenvalue weighted by Crippen LogP contribution is -2.25. The zero-order valence-electron chi connectivity index (χ0n) is 16.2. The highest BCUT2D eigenvalue weighted by atomic mass is 16.5. The number of ether oxygens (including phenoxy) is 1. The van der Waals surface area contributed by atoms with Gasteiger partial charge in [-0.25, -0.2) is 9.97 Å². The molecule has 2 aromatic carbocycles. The number of rotatable bonds is 7. The summed E-state index contributed by atoms with van der Waals surface area (Å²) in [6.07, 6.45) is 6.46. The van der Waals surface area contributed by atoms with Gasteiger partial charge in [-0.1, -0.05) is 24.3 Å². The number of hydrogen-bond acceptors (Lipinski definition) is 5. The van der Waals surface area contributed by atoms with Gasteiger partial charge in [-0.2, -0.15) is 0 Å². The molecule has 2 heterocycles. The van der Waals surface area contributed by atoms with E-state index in [0.29, 0.717) is 30.6 Å². The van der Waals surface area contributed by atoms with Crippen molar-refractivity contribution in [3.05, 3.63) is 101 Å². The van der Waals surface area contributed by atoms with Gasteiger partial charge >= 0.3 is 0 Å². The van der Waals surface area contributed by atoms with Gasteiger partial charge in [-0.15, -0.1) is 0 Å². The van der Waals surface area contributed by atoms with Crippen molar-refractivity contribution in [2.75, 3.05) is 6.61 Å². The Bertz CT molecular complexity index is 1210. The number of aromatic nitrogens is 3. The SMILES string of the molecule is O=C(NCc1cncnc1)c1ccc2ccn(CCOc3ccccc3)c(=O)c2c1. The summed E-state index contributed by atoms with van der Waals surface area (Å²) < 4.78 is 7.27. The Hall–Kier alpha value is -4.00. The van der Waals surface area contributed by atoms with E-state index in [1.165, 1.54) is 6.33 Å². The van der Waals surface area contributed by atoms with Crippen LogP contribution in [0.25, 0.3) is 10.8 Å². The van der Waals surface area contributed by atoms with Gasteiger partial charge in [-0.3, -0.25) is 9.59 Å². The minimum atomic E-state index is -0.261. The Labute approximate surface area is 173 Å². The molecule has 0 unspecified atom stereocenters. The number of pyridine rings is 1. The number of benzene rings is 2. The van der Waals surface area contributed by atoms with E-state index in [9.17, 15) is 9.59 Å². The van der Waals surface area contributed by atoms with E-state index < -0.39 is 0 Å². The number of nitrogens with zero attached hydrogens (tertiary/aromatic N) is 3. The number of amides is 1. The third-order valence-corrected chi connectivity index (χ3v) is 4.65. The molecule has 0 saturated heterocycles. The summed E-state index contributed by atoms with van der Waals surface area (Å²) in [5.74, 6) is 0.497. The van der Waals surface area contributed by atoms with Crippen LogP contribution in [0.2, 0.25) is 0 Å². The van der Waals surface area contributed by atoms with Crippen LogP contribution in [-0.4, -0.2) is 27.0 Å². The second kappa shape index (κ2) is 9.00. The summed E-state index contributed by atoms with van der Waals surface area (Å²) in [5.41, 5.74) is 1.07. The third-order valence-electron chi connectivity index (χ3n) is 4.65. The van der Waals surface area contributed by atoms with Gasteiger partial charge in [0, 0.05) is 41.6 Å². The summed E-state index contributed by atoms with van der Waals surface area (Å²) in [6.45, 7) is 1.09. The van der Waals surface area contributed by atoms with Crippen LogP contribution >= 0.6 is 0 Å². The molecule has 0 atom stereocenters. The highest BCUT2D eigenvalue weighted by molar-refractivity contribution is 5.98. The van der Waals surface area contributed by atoms with E-state index >= 15 is 0 Å². The molecule has 1 N–H and O–H groups in total. The largest absolute Gasteiger partial charge is 0.492 e. The third kappa shape index (κ3) is 4.52. The van der Waals surface area contributed by atoms with Gasteiger partial charge in [0.25, 0.3) is 11.5 Å². The van der Waals surface area contributed by atoms with Gasteiger partial charge in [0.05, 0.1) is 6.54 Å². The molecule has 0 aliphatic rings. The van der Waals surface area contributed by atoms with Gasteiger partial charge in [0.2, 0.25) is 0 Å². The number of para-hydroxylation sites is 1. The molecule has 4 aromatic rings. The lowest BCUT2D eigenvalue weighted by Gasteiger charge is -2.10. The van der Waals surface area contributed by atoms with Crippen molar-refractivity contribution in [2.24, 2.45) is 0 Å². The highest BCUT2D eigenvalue weighted by Gasteiger charge is 2.10. The molecule has 7 nitrogen and oxygen atoms in total. The molecule has 0 fully saturated rings. The lowest BCUT2D eigenvalue weighted by molar-refractivity contribution is 0.0951. The smallest absolute Gasteiger partial charge is 0.258 e. The number of carbonyl (C=O) groups excluding carboxylic acids is 1. The molecule has 7 heteroatoms. The average Bonchev–Trinajstić information content (AvgIpc) is 2.80. The van der Waals surface area contributed by atoms with Crippen LogP contribution in [0.5, 0.6) is 5.75 Å². The van der Waals surface area contributed by atoms with Crippen molar-refractivity contribution in [1.82, 2.24) is 19.9 Å². The maximum atomic E-state index is 12.9. The minimum Gasteiger partial charge on any atom is -0.492 e. The first-order valence-electron chi connectivity index (χ1n) is 9.54. The van der Waals surface area contributed by atoms with E-state index in [4.69, 9.17) is 4.74 Å². The molecule has 1 amide bonds. The molecular weight excluding hydrogens is 380 g/mol. The van der Waals surface area contributed by atoms with E-state index in [0.717, 1.165) is 16.7 Å². The van der Waals surface area contributed by atoms with Crippen molar-refractivity contribution in [3.63, 3.8) is 0 Å². The van der Waals surface area contributed by atoms with E-state index in [1.807, 2.05) is 36.4 Å². The van der Waals surface area contributed by atoms with Gasteiger partial charge in [0.15, 0.2) is 0 Å². The van der Waals surface area contributed by atoms with Crippen LogP contribution in [0.4, 0.5) is 0 Å². The summed E-state index contributed by atoms with van der Waals surface area (Å²) in [4.78, 5) is 33.2. The van der Waals surface area contributed by atoms with Gasteiger partial charge < -0.3 is 14.6 Å². The zero-order chi connectivity index (χ0) is 20.8. The summed E-state index contributed by atoms with van der Waals surface area (Å²) >= 11 is 0. The maximum Gasteiger partial charge on any atom is 0.258 e. The Balaban J connectivity index is 1.47. The minimum absolute atomic E-state index is 0.157. The molecule has 0 saturated carbocycles. The Morgan fingerprint density at radius 3 is 2.63 bits per heavy atom. The first kappa shape index (κ1) is 19.3. The standard InChI is InChI=1S/C23H20N4O3/c28-22(26-15-17-13-24-16-25-14-17)19-7-6-18-8-9-27(23(29)21(18)12-19)10-11-30-20-4-2-1-3-5-20/h1-9,12-14,16H,10-11,15H2,(H,26,28). The Kier molecular flexibility index (Phi) is 5.80. The predicted molar refractivity (Wildman–Crippen MR) is 113 cm³/mol. The second-order valence-electron chi connectivity index (χ2n) is 6.71. The molecule has 150 valence electrons. The molecule has 4 rings (SSSR count). The molecule has 30 heavy (non-hydrogen) atoms. The van der Waals surface area contributed by atoms with E-state index in [-0.39, 0.29) is 11.5 Å². The van der Waals surface area contributed by atoms with Crippen molar-refractivity contribution in [2.45, 2.75) is 13.1 Å². The van der Waals surface area contributed by atoms with Gasteiger partial charge in [-0.05, 0) is 35.7 Å². The number of fused-ring (bicyclic) bond motifs is 1. The summed E-state index contributed by atoms with van der Waals surface area (Å²) in [7, 11) is 0. The fourth-order valence-corrected chi connectivity index (χ4v) is 3.08. The molecular formula is C23H20N4O3. The molecule has 2 aromatic heterocycles. The van der Waals surface area contributed by atoms with Crippen molar-refractivity contribution >= 4 is 16.7 Å². The fourth-order valence-electron chi connectivity index (χ4n) is 3.08. The Morgan fingerprint density at radius 2 is 1.83 bits per heavy atom. The first-order chi connectivity index (χ1) is 14.7. The molecule has 0 radical (unpaired) electrons. The molecule has 0 spiro atoms. The van der Waals surface area contributed by atoms with Crippen LogP contribution in [0.1, 0.15) is 15.9 Å². The van der Waals surface area contributed by atoms with Crippen molar-refractivity contribution < 1.29 is 9.53 Å². The Morgan fingerprint density at radius 1 is 1.03 bits per heavy atom. The van der Waals surface area contributed by atoms with Crippen molar-refractivity contribution in [3.8, 4) is 5.75 Å². The van der Waals surface area contributed by atoms with Crippen LogP contribution in [0.3, 0.4) is 0 Å². The highest BCUT2D eigenvalue weighted by Crippen LogP contribution is 2.13. The zero-order valence-corrected chi connectivity index (χ0v) is 16.2. The molecule has 0 aliphatic heterocycles. The lowest BCUT2D eigenvalue weighted by atomic mass is 10.1. The molecule has 0 bridgehead atoms. The number of carbonyl (C=O) groups is 1. The summed E-state index contributed by atoms with van der Waals surface area (Å²) in [6, 6.07) is 16.4. The van der Waals surface area contributed by atoms with Crippen LogP contribution in [0, 0.1) is 0 Å². The van der Waals surface area contributed by atoms with E-state index in [2.05, 4.69) is 15.3 Å². The van der Waals surface area contributed by atoms with Crippen LogP contribution in [0.15, 0.2) is 84.3 Å². The number of hydrogen-bond donors (Lipinski definition) is 1. The maximum absolute atomic E-state index is 12.9. The first-order valence-corrected chi connectivity index (χ1v) is 9.54. The number of nitrogens with one attached hydrogen (secondary N) is 1. The van der Waals surface area contributed by atoms with E-state index in [1.54, 1.807) is 41.4 Å². The normalized spacial score (nSPS) is 10.7. The topological polar surface area (TPSA) is 86.1 Å². The van der Waals surface area contributed by atoms with Gasteiger partial charge in [0.1, 0.15) is 18.7 Å². The average molecular weight is 400 g/mol. The van der Waals surface area contributed by atoms with Crippen LogP contribution < -0.4 is 15.6 Å². The quantitative estimate of drug-likeness (QED) is 0.516. The second-order valence-corrected chi connectivity index (χ2v) is 6.71. The molecule has 0 aliphatic carbocycles.